The first-order valence-corrected chi connectivity index (χ1v) is 24.0. The zero-order valence-electron chi connectivity index (χ0n) is 39.6. The van der Waals surface area contributed by atoms with Crippen molar-refractivity contribution < 1.29 is 57.8 Å². The first kappa shape index (κ1) is 58.6. The maximum absolute atomic E-state index is 14.4. The van der Waals surface area contributed by atoms with Gasteiger partial charge in [0.2, 0.25) is 65.0 Å². The Kier molecular flexibility index (Phi) is 25.6. The molecule has 69 heavy (non-hydrogen) atoms. The zero-order chi connectivity index (χ0) is 51.8. The summed E-state index contributed by atoms with van der Waals surface area (Å²) < 4.78 is 0. The van der Waals surface area contributed by atoms with Gasteiger partial charge in [-0.15, -0.1) is 0 Å². The highest BCUT2D eigenvalue weighted by Crippen LogP contribution is 2.16. The molecule has 1 heterocycles. The van der Waals surface area contributed by atoms with Crippen molar-refractivity contribution in [3.63, 3.8) is 0 Å². The van der Waals surface area contributed by atoms with Gasteiger partial charge in [-0.1, -0.05) is 46.2 Å². The molecule has 1 saturated heterocycles. The fraction of sp³-hybridized carbons (Fsp3) is 0.614. The van der Waals surface area contributed by atoms with Gasteiger partial charge in [-0.3, -0.25) is 52.7 Å². The van der Waals surface area contributed by atoms with E-state index < -0.39 is 133 Å². The second kappa shape index (κ2) is 30.1. The summed E-state index contributed by atoms with van der Waals surface area (Å²) in [6.07, 6.45) is -0.848. The molecule has 1 aromatic rings. The summed E-state index contributed by atoms with van der Waals surface area (Å²) >= 11 is 1.14. The van der Waals surface area contributed by atoms with E-state index >= 15 is 0 Å². The van der Waals surface area contributed by atoms with E-state index in [2.05, 4.69) is 37.2 Å². The number of nitrogens with one attached hydrogen (secondary N) is 7. The van der Waals surface area contributed by atoms with E-state index in [0.29, 0.717) is 12.0 Å². The van der Waals surface area contributed by atoms with Crippen molar-refractivity contribution in [3.8, 4) is 5.75 Å². The van der Waals surface area contributed by atoms with Crippen LogP contribution in [0.2, 0.25) is 0 Å². The molecule has 1 fully saturated rings. The Morgan fingerprint density at radius 3 is 2.06 bits per heavy atom. The maximum atomic E-state index is 14.4. The summed E-state index contributed by atoms with van der Waals surface area (Å²) in [5, 5.41) is 27.7. The van der Waals surface area contributed by atoms with Crippen LogP contribution in [0, 0.1) is 11.8 Å². The Balaban J connectivity index is 2.63. The maximum Gasteiger partial charge on any atom is 0.246 e. The van der Waals surface area contributed by atoms with Gasteiger partial charge in [0.15, 0.2) is 0 Å². The number of benzene rings is 1. The van der Waals surface area contributed by atoms with Gasteiger partial charge in [0.25, 0.3) is 0 Å². The molecule has 0 bridgehead atoms. The van der Waals surface area contributed by atoms with Gasteiger partial charge in [-0.2, -0.15) is 11.8 Å². The number of hydrogen-bond donors (Lipinski definition) is 12. The predicted molar refractivity (Wildman–Crippen MR) is 254 cm³/mol. The topological polar surface area (TPSA) is 400 Å². The second-order valence-electron chi connectivity index (χ2n) is 17.2. The van der Waals surface area contributed by atoms with Crippen molar-refractivity contribution in [2.75, 3.05) is 37.7 Å². The second-order valence-corrected chi connectivity index (χ2v) is 18.4. The molecule has 24 nitrogen and oxygen atoms in total. The van der Waals surface area contributed by atoms with E-state index in [1.165, 1.54) is 12.1 Å². The van der Waals surface area contributed by atoms with E-state index in [1.54, 1.807) is 39.8 Å². The molecule has 0 spiro atoms. The molecule has 1 aliphatic heterocycles. The summed E-state index contributed by atoms with van der Waals surface area (Å²) in [4.78, 5) is 147. The van der Waals surface area contributed by atoms with Gasteiger partial charge in [-0.25, -0.2) is 0 Å². The standard InChI is InChI=1S/C44H70N12O12S/c1-5-25(4)38-43(67)52-28(13-14-33(46)58)40(64)53-31(20-34(47)59)41(65)54-32(23-69-17-6-8-36(61)50-30(42(66)55-38)19-26-9-11-27(57)12-10-26)44(68)56(16-7-15-45)22-37(62)51-29(18-24(2)3)39(63)49-21-35(48)60/h9-12,24-25,28-32,38,57H,5-8,13-23,45H2,1-4H3,(H2,46,58)(H2,47,59)(H2,48,60)(H,49,63)(H,50,61)(H,51,62)(H,52,67)(H,53,64)(H,54,65)(H,55,66)/t25-,28-,29-,30-,31-,32-,38-/m0/s1. The quantitative estimate of drug-likeness (QED) is 0.0566. The van der Waals surface area contributed by atoms with Crippen molar-refractivity contribution in [3.05, 3.63) is 29.8 Å². The minimum atomic E-state index is -1.75. The van der Waals surface area contributed by atoms with Crippen molar-refractivity contribution in [2.45, 2.75) is 122 Å². The third-order valence-electron chi connectivity index (χ3n) is 10.8. The summed E-state index contributed by atoms with van der Waals surface area (Å²) in [6.45, 7) is 5.91. The number of phenolic OH excluding ortho intramolecular Hbond substituents is 1. The van der Waals surface area contributed by atoms with Gasteiger partial charge in [0, 0.05) is 31.6 Å². The fourth-order valence-corrected chi connectivity index (χ4v) is 7.94. The van der Waals surface area contributed by atoms with Crippen LogP contribution in [0.5, 0.6) is 5.75 Å². The Bertz CT molecular complexity index is 1970. The van der Waals surface area contributed by atoms with E-state index in [0.717, 1.165) is 16.7 Å². The van der Waals surface area contributed by atoms with E-state index in [-0.39, 0.29) is 74.8 Å². The lowest BCUT2D eigenvalue weighted by molar-refractivity contribution is -0.140. The Morgan fingerprint density at radius 2 is 1.46 bits per heavy atom. The molecule has 0 radical (unpaired) electrons. The van der Waals surface area contributed by atoms with Crippen LogP contribution < -0.4 is 60.2 Å². The molecule has 11 amide bonds. The lowest BCUT2D eigenvalue weighted by Crippen LogP contribution is -2.61. The summed E-state index contributed by atoms with van der Waals surface area (Å²) in [5.41, 5.74) is 22.4. The third-order valence-corrected chi connectivity index (χ3v) is 12.0. The smallest absolute Gasteiger partial charge is 0.246 e. The van der Waals surface area contributed by atoms with Crippen LogP contribution in [0.15, 0.2) is 24.3 Å². The van der Waals surface area contributed by atoms with Crippen LogP contribution in [0.4, 0.5) is 0 Å². The molecule has 0 aliphatic carbocycles. The van der Waals surface area contributed by atoms with Crippen molar-refractivity contribution in [1.82, 2.24) is 42.1 Å². The summed E-state index contributed by atoms with van der Waals surface area (Å²) in [7, 11) is 0. The average Bonchev–Trinajstić information content (AvgIpc) is 3.28. The van der Waals surface area contributed by atoms with E-state index in [1.807, 2.05) is 0 Å². The molecule has 1 aromatic carbocycles. The van der Waals surface area contributed by atoms with Crippen LogP contribution in [0.25, 0.3) is 0 Å². The average molecular weight is 991 g/mol. The van der Waals surface area contributed by atoms with Crippen LogP contribution in [-0.4, -0.2) is 149 Å². The van der Waals surface area contributed by atoms with Gasteiger partial charge in [0.05, 0.1) is 19.5 Å². The Labute approximate surface area is 405 Å². The molecule has 7 atom stereocenters. The van der Waals surface area contributed by atoms with Crippen LogP contribution in [0.1, 0.15) is 84.6 Å². The number of rotatable bonds is 21. The molecule has 0 unspecified atom stereocenters. The number of aromatic hydroxyl groups is 1. The minimum Gasteiger partial charge on any atom is -0.508 e. The lowest BCUT2D eigenvalue weighted by Gasteiger charge is -2.30. The Hall–Kier alpha value is -6.50. The van der Waals surface area contributed by atoms with E-state index in [4.69, 9.17) is 22.9 Å². The number of thioether (sulfide) groups is 1. The SMILES string of the molecule is CC[C@H](C)[C@@H]1NC(=O)[C@H](Cc2ccc(O)cc2)NC(=O)CCCSC[C@@H](C(=O)N(CCCN)CC(=O)N[C@@H](CC(C)C)C(=O)NCC(N)=O)NC(=O)[C@H](CC(N)=O)NC(=O)[C@H](CCC(N)=O)NC1=O. The fourth-order valence-electron chi connectivity index (χ4n) is 6.97. The monoisotopic (exact) mass is 990 g/mol. The molecule has 16 N–H and O–H groups in total. The largest absolute Gasteiger partial charge is 0.508 e. The van der Waals surface area contributed by atoms with Gasteiger partial charge >= 0.3 is 0 Å². The normalized spacial score (nSPS) is 20.9. The van der Waals surface area contributed by atoms with Gasteiger partial charge in [0.1, 0.15) is 42.0 Å². The van der Waals surface area contributed by atoms with Crippen LogP contribution in [0.3, 0.4) is 0 Å². The number of nitrogens with two attached hydrogens (primary N) is 4. The highest BCUT2D eigenvalue weighted by atomic mass is 32.2. The number of primary amides is 3. The molecular weight excluding hydrogens is 921 g/mol. The van der Waals surface area contributed by atoms with Crippen LogP contribution in [-0.2, 0) is 59.2 Å². The number of nitrogens with zero attached hydrogens (tertiary/aromatic N) is 1. The molecule has 25 heteroatoms. The molecule has 1 aliphatic rings. The van der Waals surface area contributed by atoms with E-state index in [9.17, 15) is 57.8 Å². The number of carbonyl (C=O) groups is 11. The van der Waals surface area contributed by atoms with Crippen molar-refractivity contribution in [1.29, 1.82) is 0 Å². The first-order valence-electron chi connectivity index (χ1n) is 22.8. The number of amides is 11. The lowest BCUT2D eigenvalue weighted by atomic mass is 9.96. The van der Waals surface area contributed by atoms with Crippen LogP contribution >= 0.6 is 11.8 Å². The van der Waals surface area contributed by atoms with Crippen molar-refractivity contribution in [2.24, 2.45) is 34.8 Å². The highest BCUT2D eigenvalue weighted by molar-refractivity contribution is 7.99. The van der Waals surface area contributed by atoms with Crippen molar-refractivity contribution >= 4 is 76.7 Å². The molecule has 0 aromatic heterocycles. The highest BCUT2D eigenvalue weighted by Gasteiger charge is 2.36. The molecular formula is C44H70N12O12S. The predicted octanol–water partition coefficient (Wildman–Crippen LogP) is -3.62. The first-order chi connectivity index (χ1) is 32.5. The number of hydrogen-bond acceptors (Lipinski definition) is 14. The third kappa shape index (κ3) is 22.0. The summed E-state index contributed by atoms with van der Waals surface area (Å²) in [5.74, 6) is -9.84. The van der Waals surface area contributed by atoms with Gasteiger partial charge in [-0.05, 0) is 67.5 Å². The van der Waals surface area contributed by atoms with Gasteiger partial charge < -0.3 is 70.2 Å². The number of phenols is 1. The molecule has 2 rings (SSSR count). The molecule has 384 valence electrons. The number of carbonyl (C=O) groups excluding carboxylic acids is 11. The zero-order valence-corrected chi connectivity index (χ0v) is 40.5. The Morgan fingerprint density at radius 1 is 0.826 bits per heavy atom. The summed E-state index contributed by atoms with van der Waals surface area (Å²) in [6, 6.07) is -2.48. The minimum absolute atomic E-state index is 0.0292. The molecule has 0 saturated carbocycles.